The predicted octanol–water partition coefficient (Wildman–Crippen LogP) is 2.80. The first-order chi connectivity index (χ1) is 11.3. The van der Waals surface area contributed by atoms with Crippen molar-refractivity contribution in [1.29, 1.82) is 21.2 Å². The summed E-state index contributed by atoms with van der Waals surface area (Å²) in [7, 11) is 0. The van der Waals surface area contributed by atoms with E-state index in [0.29, 0.717) is 0 Å². The third kappa shape index (κ3) is 1.56. The van der Waals surface area contributed by atoms with Crippen LogP contribution in [-0.4, -0.2) is 11.7 Å². The molecule has 2 bridgehead atoms. The Bertz CT molecular complexity index is 851. The first kappa shape index (κ1) is 15.9. The van der Waals surface area contributed by atoms with E-state index in [9.17, 15) is 20.2 Å². The Kier molecular flexibility index (Phi) is 3.17. The van der Waals surface area contributed by atoms with Crippen LogP contribution in [0.25, 0.3) is 0 Å². The monoisotopic (exact) mass is 324 g/mol. The average molecular weight is 324 g/mol. The van der Waals surface area contributed by atoms with E-state index in [1.54, 1.807) is 6.92 Å². The summed E-state index contributed by atoms with van der Waals surface area (Å²) in [6.45, 7) is 3.09. The molecule has 3 aliphatic rings. The quantitative estimate of drug-likeness (QED) is 0.853. The molecule has 0 saturated carbocycles. The second-order valence-electron chi connectivity index (χ2n) is 6.17. The van der Waals surface area contributed by atoms with Crippen molar-refractivity contribution >= 4 is 5.90 Å². The molecule has 1 aromatic carbocycles. The summed E-state index contributed by atoms with van der Waals surface area (Å²) < 4.78 is 25.0. The van der Waals surface area contributed by atoms with E-state index >= 15 is 0 Å². The van der Waals surface area contributed by atoms with E-state index in [2.05, 4.69) is 0 Å². The first-order valence-electron chi connectivity index (χ1n) is 7.26. The van der Waals surface area contributed by atoms with Crippen LogP contribution >= 0.6 is 0 Å². The van der Waals surface area contributed by atoms with Gasteiger partial charge in [-0.3, -0.25) is 5.41 Å². The van der Waals surface area contributed by atoms with Crippen LogP contribution in [0.4, 0.5) is 4.39 Å². The number of ether oxygens (including phenoxy) is 2. The van der Waals surface area contributed by atoms with Crippen molar-refractivity contribution in [1.82, 2.24) is 0 Å². The number of hydrogen-bond acceptors (Lipinski definition) is 6. The van der Waals surface area contributed by atoms with Crippen molar-refractivity contribution in [2.45, 2.75) is 25.7 Å². The van der Waals surface area contributed by atoms with Crippen LogP contribution in [-0.2, 0) is 9.47 Å². The number of nitrogens with one attached hydrogen (secondary N) is 1. The van der Waals surface area contributed by atoms with Crippen LogP contribution < -0.4 is 0 Å². The molecule has 0 amide bonds. The number of hydrogen-bond donors (Lipinski definition) is 1. The molecule has 3 aliphatic heterocycles. The third-order valence-corrected chi connectivity index (χ3v) is 5.15. The molecule has 7 heteroatoms. The van der Waals surface area contributed by atoms with Gasteiger partial charge in [0.25, 0.3) is 0 Å². The predicted molar refractivity (Wildman–Crippen MR) is 78.3 cm³/mol. The maximum atomic E-state index is 13.7. The standard InChI is InChI=1S/C17H13FN4O2/c1-10-15(2)23-13(11-4-3-5-12(18)6-11)17(9-21,14(22)24-15)16(10,7-19)8-20/h3-6,10,13,22H,1-2H3/t10-,13+,15+,17-/m0/s1. The minimum atomic E-state index is -1.98. The van der Waals surface area contributed by atoms with Gasteiger partial charge in [-0.25, -0.2) is 4.39 Å². The summed E-state index contributed by atoms with van der Waals surface area (Å²) in [5.74, 6) is -3.29. The molecule has 3 saturated heterocycles. The molecule has 1 aromatic rings. The second kappa shape index (κ2) is 4.77. The Morgan fingerprint density at radius 3 is 2.42 bits per heavy atom. The fourth-order valence-electron chi connectivity index (χ4n) is 3.64. The van der Waals surface area contributed by atoms with Crippen molar-refractivity contribution in [2.75, 3.05) is 0 Å². The highest BCUT2D eigenvalue weighted by atomic mass is 19.1. The van der Waals surface area contributed by atoms with Gasteiger partial charge in [0.1, 0.15) is 11.9 Å². The zero-order valence-corrected chi connectivity index (χ0v) is 13.0. The van der Waals surface area contributed by atoms with E-state index < -0.39 is 40.4 Å². The van der Waals surface area contributed by atoms with Crippen molar-refractivity contribution in [3.63, 3.8) is 0 Å². The number of halogens is 1. The lowest BCUT2D eigenvalue weighted by atomic mass is 9.51. The van der Waals surface area contributed by atoms with Crippen LogP contribution in [0, 0.1) is 62.0 Å². The van der Waals surface area contributed by atoms with Gasteiger partial charge in [-0.2, -0.15) is 15.8 Å². The summed E-state index contributed by atoms with van der Waals surface area (Å²) in [6.07, 6.45) is -1.17. The van der Waals surface area contributed by atoms with Gasteiger partial charge >= 0.3 is 0 Å². The van der Waals surface area contributed by atoms with Crippen LogP contribution in [0.5, 0.6) is 0 Å². The molecule has 0 aromatic heterocycles. The molecule has 0 radical (unpaired) electrons. The molecular formula is C17H13FN4O2. The molecule has 0 unspecified atom stereocenters. The van der Waals surface area contributed by atoms with Crippen molar-refractivity contribution in [3.05, 3.63) is 35.6 Å². The highest BCUT2D eigenvalue weighted by Gasteiger charge is 2.78. The van der Waals surface area contributed by atoms with E-state index in [4.69, 9.17) is 14.9 Å². The molecule has 0 spiro atoms. The Labute approximate surface area is 138 Å². The van der Waals surface area contributed by atoms with E-state index in [1.807, 2.05) is 18.2 Å². The van der Waals surface area contributed by atoms with Crippen molar-refractivity contribution in [3.8, 4) is 18.2 Å². The highest BCUT2D eigenvalue weighted by Crippen LogP contribution is 2.66. The summed E-state index contributed by atoms with van der Waals surface area (Å²) in [5.41, 5.74) is -3.57. The fraction of sp³-hybridized carbons (Fsp3) is 0.412. The van der Waals surface area contributed by atoms with Gasteiger partial charge in [0.2, 0.25) is 11.7 Å². The van der Waals surface area contributed by atoms with Crippen molar-refractivity contribution < 1.29 is 13.9 Å². The Morgan fingerprint density at radius 1 is 1.21 bits per heavy atom. The molecule has 1 N–H and O–H groups in total. The van der Waals surface area contributed by atoms with Crippen LogP contribution in [0.3, 0.4) is 0 Å². The van der Waals surface area contributed by atoms with Gasteiger partial charge in [-0.05, 0) is 17.7 Å². The Hall–Kier alpha value is -2.95. The number of nitrogens with zero attached hydrogens (tertiary/aromatic N) is 3. The Balaban J connectivity index is 2.35. The summed E-state index contributed by atoms with van der Waals surface area (Å²) >= 11 is 0. The maximum Gasteiger partial charge on any atom is 0.215 e. The van der Waals surface area contributed by atoms with Gasteiger partial charge in [0, 0.05) is 6.92 Å². The zero-order valence-electron chi connectivity index (χ0n) is 13.0. The van der Waals surface area contributed by atoms with Crippen LogP contribution in [0.15, 0.2) is 24.3 Å². The minimum Gasteiger partial charge on any atom is -0.448 e. The van der Waals surface area contributed by atoms with Crippen LogP contribution in [0.1, 0.15) is 25.5 Å². The van der Waals surface area contributed by atoms with Gasteiger partial charge in [0.15, 0.2) is 10.8 Å². The van der Waals surface area contributed by atoms with E-state index in [0.717, 1.165) is 0 Å². The lowest BCUT2D eigenvalue weighted by Crippen LogP contribution is -2.71. The normalized spacial score (nSPS) is 36.1. The van der Waals surface area contributed by atoms with Crippen molar-refractivity contribution in [2.24, 2.45) is 16.7 Å². The van der Waals surface area contributed by atoms with Gasteiger partial charge in [-0.1, -0.05) is 19.1 Å². The molecule has 24 heavy (non-hydrogen) atoms. The second-order valence-corrected chi connectivity index (χ2v) is 6.17. The molecular weight excluding hydrogens is 311 g/mol. The third-order valence-electron chi connectivity index (χ3n) is 5.15. The number of nitriles is 3. The van der Waals surface area contributed by atoms with E-state index in [1.165, 1.54) is 31.2 Å². The largest absolute Gasteiger partial charge is 0.448 e. The Morgan fingerprint density at radius 2 is 1.88 bits per heavy atom. The molecule has 6 nitrogen and oxygen atoms in total. The lowest BCUT2D eigenvalue weighted by Gasteiger charge is -2.60. The summed E-state index contributed by atoms with van der Waals surface area (Å²) in [4.78, 5) is 0. The SMILES string of the molecule is C[C@@H]1C(C#N)(C#N)[C@]2(C#N)C(=N)O[C@@]1(C)O[C@@H]2c1cccc(F)c1. The van der Waals surface area contributed by atoms with Gasteiger partial charge in [-0.15, -0.1) is 0 Å². The first-order valence-corrected chi connectivity index (χ1v) is 7.26. The zero-order chi connectivity index (χ0) is 17.8. The molecule has 120 valence electrons. The fourth-order valence-corrected chi connectivity index (χ4v) is 3.64. The smallest absolute Gasteiger partial charge is 0.215 e. The molecule has 3 heterocycles. The summed E-state index contributed by atoms with van der Waals surface area (Å²) in [5, 5.41) is 37.7. The number of fused-ring (bicyclic) bond motifs is 3. The molecule has 4 rings (SSSR count). The number of rotatable bonds is 1. The lowest BCUT2D eigenvalue weighted by molar-refractivity contribution is -0.338. The molecule has 4 atom stereocenters. The summed E-state index contributed by atoms with van der Waals surface area (Å²) in [6, 6.07) is 11.2. The minimum absolute atomic E-state index is 0.276. The van der Waals surface area contributed by atoms with Gasteiger partial charge in [0.05, 0.1) is 24.1 Å². The van der Waals surface area contributed by atoms with Gasteiger partial charge < -0.3 is 9.47 Å². The molecule has 0 aliphatic carbocycles. The van der Waals surface area contributed by atoms with Crippen LogP contribution in [0.2, 0.25) is 0 Å². The molecule has 3 fully saturated rings. The van der Waals surface area contributed by atoms with E-state index in [-0.39, 0.29) is 5.56 Å². The highest BCUT2D eigenvalue weighted by molar-refractivity contribution is 5.88. The number of benzene rings is 1. The topological polar surface area (TPSA) is 114 Å². The average Bonchev–Trinajstić information content (AvgIpc) is 2.56. The maximum absolute atomic E-state index is 13.7.